The zero-order chi connectivity index (χ0) is 18.1. The molecule has 1 fully saturated rings. The minimum absolute atomic E-state index is 0.0452. The van der Waals surface area contributed by atoms with Crippen LogP contribution in [0.1, 0.15) is 6.42 Å². The van der Waals surface area contributed by atoms with E-state index in [0.717, 1.165) is 6.07 Å². The number of hydrogen-bond acceptors (Lipinski definition) is 2. The van der Waals surface area contributed by atoms with E-state index >= 15 is 0 Å². The standard InChI is InChI=1S/C17H12Cl3FN2O2/c18-11-2-1-3-14(16(11)20)23-8-9(6-15(23)24)17(25)22-10-4-5-13(21)12(19)7-10/h1-5,7,9H,6,8H2,(H,22,25)/t9-/m0/s1. The topological polar surface area (TPSA) is 49.4 Å². The summed E-state index contributed by atoms with van der Waals surface area (Å²) >= 11 is 17.8. The van der Waals surface area contributed by atoms with Crippen molar-refractivity contribution in [1.82, 2.24) is 0 Å². The second kappa shape index (κ2) is 7.20. The van der Waals surface area contributed by atoms with E-state index in [1.165, 1.54) is 17.0 Å². The highest BCUT2D eigenvalue weighted by Gasteiger charge is 2.36. The molecule has 1 aliphatic rings. The van der Waals surface area contributed by atoms with Crippen LogP contribution in [0.2, 0.25) is 15.1 Å². The largest absolute Gasteiger partial charge is 0.326 e. The number of benzene rings is 2. The fraction of sp³-hybridized carbons (Fsp3) is 0.176. The minimum atomic E-state index is -0.572. The first-order chi connectivity index (χ1) is 11.9. The molecule has 8 heteroatoms. The third-order valence-electron chi connectivity index (χ3n) is 3.90. The van der Waals surface area contributed by atoms with Crippen LogP contribution in [-0.2, 0) is 9.59 Å². The molecule has 1 heterocycles. The second-order valence-corrected chi connectivity index (χ2v) is 6.79. The summed E-state index contributed by atoms with van der Waals surface area (Å²) < 4.78 is 13.2. The van der Waals surface area contributed by atoms with Gasteiger partial charge in [-0.05, 0) is 30.3 Å². The molecule has 0 unspecified atom stereocenters. The zero-order valence-corrected chi connectivity index (χ0v) is 15.0. The van der Waals surface area contributed by atoms with Crippen LogP contribution in [0.25, 0.3) is 0 Å². The first-order valence-corrected chi connectivity index (χ1v) is 8.50. The van der Waals surface area contributed by atoms with E-state index in [1.54, 1.807) is 18.2 Å². The van der Waals surface area contributed by atoms with Crippen molar-refractivity contribution < 1.29 is 14.0 Å². The van der Waals surface area contributed by atoms with Gasteiger partial charge in [0.2, 0.25) is 11.8 Å². The number of nitrogens with one attached hydrogen (secondary N) is 1. The average molecular weight is 402 g/mol. The van der Waals surface area contributed by atoms with Gasteiger partial charge in [-0.25, -0.2) is 4.39 Å². The first kappa shape index (κ1) is 18.0. The molecule has 2 aromatic carbocycles. The van der Waals surface area contributed by atoms with Crippen LogP contribution < -0.4 is 10.2 Å². The van der Waals surface area contributed by atoms with Gasteiger partial charge in [-0.3, -0.25) is 9.59 Å². The van der Waals surface area contributed by atoms with Gasteiger partial charge in [-0.15, -0.1) is 0 Å². The fourth-order valence-corrected chi connectivity index (χ4v) is 3.21. The molecule has 1 N–H and O–H groups in total. The third-order valence-corrected chi connectivity index (χ3v) is 5.00. The highest BCUT2D eigenvalue weighted by Crippen LogP contribution is 2.36. The molecule has 0 aliphatic carbocycles. The molecule has 2 aromatic rings. The van der Waals surface area contributed by atoms with Gasteiger partial charge in [0.25, 0.3) is 0 Å². The molecule has 130 valence electrons. The Kier molecular flexibility index (Phi) is 5.18. The Labute approximate surface area is 158 Å². The number of nitrogens with zero attached hydrogens (tertiary/aromatic N) is 1. The van der Waals surface area contributed by atoms with Gasteiger partial charge in [0.05, 0.1) is 26.7 Å². The molecular weight excluding hydrogens is 390 g/mol. The van der Waals surface area contributed by atoms with Crippen molar-refractivity contribution in [2.75, 3.05) is 16.8 Å². The molecule has 3 rings (SSSR count). The molecule has 2 amide bonds. The Hall–Kier alpha value is -1.82. The van der Waals surface area contributed by atoms with Crippen molar-refractivity contribution in [3.63, 3.8) is 0 Å². The lowest BCUT2D eigenvalue weighted by Gasteiger charge is -2.18. The van der Waals surface area contributed by atoms with Crippen molar-refractivity contribution in [3.05, 3.63) is 57.3 Å². The summed E-state index contributed by atoms with van der Waals surface area (Å²) in [5, 5.41) is 3.15. The predicted octanol–water partition coefficient (Wildman–Crippen LogP) is 4.78. The van der Waals surface area contributed by atoms with Crippen LogP contribution in [0.4, 0.5) is 15.8 Å². The zero-order valence-electron chi connectivity index (χ0n) is 12.7. The lowest BCUT2D eigenvalue weighted by atomic mass is 10.1. The van der Waals surface area contributed by atoms with Gasteiger partial charge in [-0.1, -0.05) is 40.9 Å². The molecular formula is C17H12Cl3FN2O2. The lowest BCUT2D eigenvalue weighted by Crippen LogP contribution is -2.28. The van der Waals surface area contributed by atoms with Crippen LogP contribution in [0.15, 0.2) is 36.4 Å². The van der Waals surface area contributed by atoms with Gasteiger partial charge in [0.1, 0.15) is 5.82 Å². The molecule has 0 spiro atoms. The fourth-order valence-electron chi connectivity index (χ4n) is 2.64. The molecule has 0 saturated carbocycles. The summed E-state index contributed by atoms with van der Waals surface area (Å²) in [5.74, 6) is -1.71. The molecule has 1 atom stereocenters. The summed E-state index contributed by atoms with van der Waals surface area (Å²) in [5.41, 5.74) is 0.836. The Morgan fingerprint density at radius 3 is 2.64 bits per heavy atom. The molecule has 1 aliphatic heterocycles. The second-order valence-electron chi connectivity index (χ2n) is 5.60. The number of carbonyl (C=O) groups excluding carboxylic acids is 2. The Morgan fingerprint density at radius 1 is 1.16 bits per heavy atom. The van der Waals surface area contributed by atoms with Crippen molar-refractivity contribution in [3.8, 4) is 0 Å². The maximum Gasteiger partial charge on any atom is 0.229 e. The number of halogens is 4. The van der Waals surface area contributed by atoms with E-state index in [2.05, 4.69) is 5.32 Å². The van der Waals surface area contributed by atoms with Gasteiger partial charge < -0.3 is 10.2 Å². The van der Waals surface area contributed by atoms with Crippen molar-refractivity contribution in [1.29, 1.82) is 0 Å². The number of carbonyl (C=O) groups is 2. The van der Waals surface area contributed by atoms with Crippen LogP contribution >= 0.6 is 34.8 Å². The molecule has 25 heavy (non-hydrogen) atoms. The number of anilines is 2. The summed E-state index contributed by atoms with van der Waals surface area (Å²) in [4.78, 5) is 26.1. The average Bonchev–Trinajstić information content (AvgIpc) is 2.95. The molecule has 1 saturated heterocycles. The summed E-state index contributed by atoms with van der Waals surface area (Å²) in [6.45, 7) is 0.180. The first-order valence-electron chi connectivity index (χ1n) is 7.37. The van der Waals surface area contributed by atoms with E-state index < -0.39 is 11.7 Å². The summed E-state index contributed by atoms with van der Waals surface area (Å²) in [6.07, 6.45) is 0.0452. The SMILES string of the molecule is O=C(Nc1ccc(F)c(Cl)c1)[C@H]1CC(=O)N(c2cccc(Cl)c2Cl)C1. The van der Waals surface area contributed by atoms with E-state index in [-0.39, 0.29) is 34.8 Å². The number of hydrogen-bond donors (Lipinski definition) is 1. The summed E-state index contributed by atoms with van der Waals surface area (Å²) in [7, 11) is 0. The maximum atomic E-state index is 13.2. The van der Waals surface area contributed by atoms with Crippen LogP contribution in [-0.4, -0.2) is 18.4 Å². The maximum absolute atomic E-state index is 13.2. The minimum Gasteiger partial charge on any atom is -0.326 e. The quantitative estimate of drug-likeness (QED) is 0.805. The Morgan fingerprint density at radius 2 is 1.92 bits per heavy atom. The molecule has 0 radical (unpaired) electrons. The normalized spacial score (nSPS) is 17.0. The monoisotopic (exact) mass is 400 g/mol. The Bertz CT molecular complexity index is 860. The van der Waals surface area contributed by atoms with Crippen molar-refractivity contribution >= 4 is 58.0 Å². The van der Waals surface area contributed by atoms with E-state index in [4.69, 9.17) is 34.8 Å². The Balaban J connectivity index is 1.74. The van der Waals surface area contributed by atoms with Gasteiger partial charge in [0.15, 0.2) is 0 Å². The molecule has 4 nitrogen and oxygen atoms in total. The number of amides is 2. The lowest BCUT2D eigenvalue weighted by molar-refractivity contribution is -0.122. The van der Waals surface area contributed by atoms with Crippen LogP contribution in [0.3, 0.4) is 0 Å². The summed E-state index contributed by atoms with van der Waals surface area (Å²) in [6, 6.07) is 8.86. The van der Waals surface area contributed by atoms with Gasteiger partial charge in [0, 0.05) is 18.7 Å². The van der Waals surface area contributed by atoms with E-state index in [9.17, 15) is 14.0 Å². The van der Waals surface area contributed by atoms with E-state index in [1.807, 2.05) is 0 Å². The highest BCUT2D eigenvalue weighted by atomic mass is 35.5. The highest BCUT2D eigenvalue weighted by molar-refractivity contribution is 6.44. The molecule has 0 bridgehead atoms. The van der Waals surface area contributed by atoms with Gasteiger partial charge in [-0.2, -0.15) is 0 Å². The van der Waals surface area contributed by atoms with Gasteiger partial charge >= 0.3 is 0 Å². The van der Waals surface area contributed by atoms with Crippen molar-refractivity contribution in [2.24, 2.45) is 5.92 Å². The number of rotatable bonds is 3. The third kappa shape index (κ3) is 3.73. The van der Waals surface area contributed by atoms with Crippen LogP contribution in [0, 0.1) is 11.7 Å². The smallest absolute Gasteiger partial charge is 0.229 e. The van der Waals surface area contributed by atoms with Crippen molar-refractivity contribution in [2.45, 2.75) is 6.42 Å². The molecule has 0 aromatic heterocycles. The van der Waals surface area contributed by atoms with Crippen LogP contribution in [0.5, 0.6) is 0 Å². The van der Waals surface area contributed by atoms with E-state index in [0.29, 0.717) is 16.4 Å². The predicted molar refractivity (Wildman–Crippen MR) is 97.0 cm³/mol.